The molecule has 16 heavy (non-hydrogen) atoms. The van der Waals surface area contributed by atoms with Gasteiger partial charge in [0.1, 0.15) is 5.01 Å². The molecule has 2 rings (SSSR count). The van der Waals surface area contributed by atoms with Crippen molar-refractivity contribution in [3.63, 3.8) is 0 Å². The van der Waals surface area contributed by atoms with Gasteiger partial charge in [0, 0.05) is 14.1 Å². The van der Waals surface area contributed by atoms with Crippen LogP contribution in [0.5, 0.6) is 0 Å². The molecule has 2 aromatic rings. The van der Waals surface area contributed by atoms with Crippen molar-refractivity contribution in [1.29, 1.82) is 0 Å². The maximum atomic E-state index is 5.50. The summed E-state index contributed by atoms with van der Waals surface area (Å²) in [6.07, 6.45) is 0. The summed E-state index contributed by atoms with van der Waals surface area (Å²) in [5.74, 6) is 0.733. The quantitative estimate of drug-likeness (QED) is 0.842. The van der Waals surface area contributed by atoms with E-state index in [1.165, 1.54) is 11.3 Å². The average molecular weight is 274 g/mol. The zero-order valence-electron chi connectivity index (χ0n) is 8.75. The summed E-state index contributed by atoms with van der Waals surface area (Å²) in [5, 5.41) is 18.1. The van der Waals surface area contributed by atoms with Crippen molar-refractivity contribution >= 4 is 44.7 Å². The molecule has 6 nitrogen and oxygen atoms in total. The fourth-order valence-corrected chi connectivity index (χ4v) is 3.25. The number of thioether (sulfide) groups is 1. The zero-order chi connectivity index (χ0) is 11.5. The largest absolute Gasteiger partial charge is 0.374 e. The van der Waals surface area contributed by atoms with Crippen LogP contribution in [0, 0.1) is 0 Å². The number of anilines is 2. The van der Waals surface area contributed by atoms with E-state index in [-0.39, 0.29) is 0 Å². The molecular formula is C7H10N6S3. The summed E-state index contributed by atoms with van der Waals surface area (Å²) in [6.45, 7) is 0. The maximum absolute atomic E-state index is 5.50. The Morgan fingerprint density at radius 3 is 2.56 bits per heavy atom. The van der Waals surface area contributed by atoms with E-state index in [2.05, 4.69) is 20.4 Å². The molecule has 9 heteroatoms. The van der Waals surface area contributed by atoms with Gasteiger partial charge in [-0.1, -0.05) is 34.4 Å². The highest BCUT2D eigenvalue weighted by Crippen LogP contribution is 2.30. The number of hydrogen-bond donors (Lipinski definition) is 1. The third-order valence-electron chi connectivity index (χ3n) is 1.58. The Balaban J connectivity index is 1.94. The number of nitrogens with zero attached hydrogens (tertiary/aromatic N) is 5. The van der Waals surface area contributed by atoms with Crippen LogP contribution in [0.2, 0.25) is 0 Å². The standard InChI is InChI=1S/C7H10N6S3/c1-13(2)6-11-12-7(16-6)14-3-4-9-10-5(8)15-4/h3H2,1-2H3,(H2,8,10). The van der Waals surface area contributed by atoms with Gasteiger partial charge in [0.2, 0.25) is 10.3 Å². The Morgan fingerprint density at radius 1 is 1.19 bits per heavy atom. The predicted molar refractivity (Wildman–Crippen MR) is 68.1 cm³/mol. The lowest BCUT2D eigenvalue weighted by Gasteiger charge is -2.03. The second-order valence-corrected chi connectivity index (χ2v) is 6.34. The normalized spacial score (nSPS) is 10.6. The van der Waals surface area contributed by atoms with Crippen LogP contribution >= 0.6 is 34.4 Å². The first-order valence-corrected chi connectivity index (χ1v) is 6.98. The number of nitrogens with two attached hydrogens (primary N) is 1. The molecule has 0 aliphatic rings. The van der Waals surface area contributed by atoms with Crippen LogP contribution in [-0.2, 0) is 5.75 Å². The van der Waals surface area contributed by atoms with Gasteiger partial charge < -0.3 is 10.6 Å². The molecule has 0 bridgehead atoms. The summed E-state index contributed by atoms with van der Waals surface area (Å²) < 4.78 is 0.928. The molecule has 2 aromatic heterocycles. The van der Waals surface area contributed by atoms with E-state index in [0.29, 0.717) is 5.13 Å². The summed E-state index contributed by atoms with van der Waals surface area (Å²) in [5.41, 5.74) is 5.50. The van der Waals surface area contributed by atoms with Crippen molar-refractivity contribution in [2.24, 2.45) is 0 Å². The number of rotatable bonds is 4. The van der Waals surface area contributed by atoms with Crippen molar-refractivity contribution in [3.8, 4) is 0 Å². The van der Waals surface area contributed by atoms with Crippen molar-refractivity contribution in [1.82, 2.24) is 20.4 Å². The number of nitrogen functional groups attached to an aromatic ring is 1. The van der Waals surface area contributed by atoms with Crippen LogP contribution in [0.3, 0.4) is 0 Å². The highest BCUT2D eigenvalue weighted by atomic mass is 32.2. The Labute approximate surface area is 105 Å². The van der Waals surface area contributed by atoms with E-state index < -0.39 is 0 Å². The Bertz CT molecular complexity index is 464. The zero-order valence-corrected chi connectivity index (χ0v) is 11.2. The molecule has 86 valence electrons. The first kappa shape index (κ1) is 11.6. The molecule has 0 saturated heterocycles. The highest BCUT2D eigenvalue weighted by molar-refractivity contribution is 8.00. The Hall–Kier alpha value is -0.930. The van der Waals surface area contributed by atoms with Gasteiger partial charge in [0.25, 0.3) is 0 Å². The Kier molecular flexibility index (Phi) is 3.56. The van der Waals surface area contributed by atoms with Gasteiger partial charge in [-0.25, -0.2) is 0 Å². The van der Waals surface area contributed by atoms with E-state index in [1.807, 2.05) is 19.0 Å². The summed E-state index contributed by atoms with van der Waals surface area (Å²) in [4.78, 5) is 1.94. The van der Waals surface area contributed by atoms with E-state index in [9.17, 15) is 0 Å². The average Bonchev–Trinajstić information content (AvgIpc) is 2.83. The molecule has 0 saturated carbocycles. The van der Waals surface area contributed by atoms with Gasteiger partial charge in [-0.2, -0.15) is 0 Å². The third kappa shape index (κ3) is 2.80. The molecule has 0 atom stereocenters. The van der Waals surface area contributed by atoms with Crippen LogP contribution in [0.1, 0.15) is 5.01 Å². The minimum absolute atomic E-state index is 0.502. The van der Waals surface area contributed by atoms with Crippen LogP contribution in [0.25, 0.3) is 0 Å². The minimum atomic E-state index is 0.502. The van der Waals surface area contributed by atoms with Gasteiger partial charge in [-0.3, -0.25) is 0 Å². The lowest BCUT2D eigenvalue weighted by atomic mass is 10.9. The summed E-state index contributed by atoms with van der Waals surface area (Å²) in [7, 11) is 3.89. The van der Waals surface area contributed by atoms with Crippen molar-refractivity contribution < 1.29 is 0 Å². The molecule has 0 fully saturated rings. The number of aromatic nitrogens is 4. The second kappa shape index (κ2) is 4.93. The van der Waals surface area contributed by atoms with Crippen LogP contribution in [0.4, 0.5) is 10.3 Å². The van der Waals surface area contributed by atoms with Gasteiger partial charge in [-0.05, 0) is 0 Å². The van der Waals surface area contributed by atoms with E-state index in [4.69, 9.17) is 5.73 Å². The van der Waals surface area contributed by atoms with Crippen LogP contribution < -0.4 is 10.6 Å². The molecule has 0 unspecified atom stereocenters. The van der Waals surface area contributed by atoms with Crippen molar-refractivity contribution in [2.45, 2.75) is 10.1 Å². The molecule has 2 heterocycles. The number of hydrogen-bond acceptors (Lipinski definition) is 9. The van der Waals surface area contributed by atoms with Gasteiger partial charge >= 0.3 is 0 Å². The van der Waals surface area contributed by atoms with E-state index in [1.54, 1.807) is 23.1 Å². The van der Waals surface area contributed by atoms with Gasteiger partial charge in [0.15, 0.2) is 4.34 Å². The van der Waals surface area contributed by atoms with Crippen molar-refractivity contribution in [2.75, 3.05) is 24.7 Å². The van der Waals surface area contributed by atoms with Crippen LogP contribution in [-0.4, -0.2) is 34.5 Å². The first-order chi connectivity index (χ1) is 7.65. The fourth-order valence-electron chi connectivity index (χ4n) is 0.890. The summed E-state index contributed by atoms with van der Waals surface area (Å²) >= 11 is 4.56. The second-order valence-electron chi connectivity index (χ2n) is 3.07. The molecule has 0 aromatic carbocycles. The fraction of sp³-hybridized carbons (Fsp3) is 0.429. The monoisotopic (exact) mass is 274 g/mol. The summed E-state index contributed by atoms with van der Waals surface area (Å²) in [6, 6.07) is 0. The molecule has 2 N–H and O–H groups in total. The van der Waals surface area contributed by atoms with Crippen LogP contribution in [0.15, 0.2) is 4.34 Å². The molecule has 0 aliphatic carbocycles. The van der Waals surface area contributed by atoms with Gasteiger partial charge in [0.05, 0.1) is 5.75 Å². The van der Waals surface area contributed by atoms with E-state index in [0.717, 1.165) is 20.2 Å². The molecule has 0 aliphatic heterocycles. The molecule has 0 spiro atoms. The smallest absolute Gasteiger partial charge is 0.208 e. The van der Waals surface area contributed by atoms with E-state index >= 15 is 0 Å². The lowest BCUT2D eigenvalue weighted by molar-refractivity contribution is 0.971. The van der Waals surface area contributed by atoms with Crippen molar-refractivity contribution in [3.05, 3.63) is 5.01 Å². The topological polar surface area (TPSA) is 80.8 Å². The SMILES string of the molecule is CN(C)c1nnc(SCc2nnc(N)s2)s1. The third-order valence-corrected chi connectivity index (χ3v) is 4.75. The lowest BCUT2D eigenvalue weighted by Crippen LogP contribution is -2.07. The maximum Gasteiger partial charge on any atom is 0.208 e. The minimum Gasteiger partial charge on any atom is -0.374 e. The molecular weight excluding hydrogens is 264 g/mol. The predicted octanol–water partition coefficient (Wildman–Crippen LogP) is 1.33. The highest BCUT2D eigenvalue weighted by Gasteiger charge is 2.08. The molecule has 0 radical (unpaired) electrons. The van der Waals surface area contributed by atoms with Gasteiger partial charge in [-0.15, -0.1) is 20.4 Å². The Morgan fingerprint density at radius 2 is 2.00 bits per heavy atom. The first-order valence-electron chi connectivity index (χ1n) is 4.36. The molecule has 0 amide bonds.